The summed E-state index contributed by atoms with van der Waals surface area (Å²) >= 11 is 0. The molecule has 1 aromatic carbocycles. The zero-order valence-electron chi connectivity index (χ0n) is 9.36. The quantitative estimate of drug-likeness (QED) is 0.559. The van der Waals surface area contributed by atoms with E-state index in [1.807, 2.05) is 0 Å². The number of carbonyl (C=O) groups excluding carboxylic acids is 1. The molecule has 1 atom stereocenters. The minimum Gasteiger partial charge on any atom is -0.493 e. The number of ether oxygens (including phenoxy) is 3. The van der Waals surface area contributed by atoms with Crippen molar-refractivity contribution in [1.29, 1.82) is 0 Å². The van der Waals surface area contributed by atoms with Crippen LogP contribution in [0, 0.1) is 0 Å². The van der Waals surface area contributed by atoms with E-state index in [-0.39, 0.29) is 6.10 Å². The Morgan fingerprint density at radius 1 is 1.44 bits per heavy atom. The Kier molecular flexibility index (Phi) is 3.10. The summed E-state index contributed by atoms with van der Waals surface area (Å²) in [6.45, 7) is 0.749. The lowest BCUT2D eigenvalue weighted by molar-refractivity contribution is 0.112. The molecular formula is C12H14O4. The molecule has 0 spiro atoms. The van der Waals surface area contributed by atoms with Crippen LogP contribution in [0.15, 0.2) is 12.1 Å². The first-order chi connectivity index (χ1) is 7.80. The van der Waals surface area contributed by atoms with Crippen LogP contribution >= 0.6 is 0 Å². The molecule has 0 radical (unpaired) electrons. The molecule has 0 N–H and O–H groups in total. The second-order valence-electron chi connectivity index (χ2n) is 3.65. The number of epoxide rings is 1. The smallest absolute Gasteiger partial charge is 0.164 e. The first-order valence-electron chi connectivity index (χ1n) is 5.10. The summed E-state index contributed by atoms with van der Waals surface area (Å²) in [5.41, 5.74) is 1.49. The van der Waals surface area contributed by atoms with E-state index in [4.69, 9.17) is 14.2 Å². The van der Waals surface area contributed by atoms with Gasteiger partial charge in [-0.15, -0.1) is 0 Å². The number of carbonyl (C=O) groups is 1. The Hall–Kier alpha value is -1.55. The average Bonchev–Trinajstić information content (AvgIpc) is 3.12. The van der Waals surface area contributed by atoms with Gasteiger partial charge in [0.15, 0.2) is 11.5 Å². The summed E-state index contributed by atoms with van der Waals surface area (Å²) in [7, 11) is 3.15. The van der Waals surface area contributed by atoms with E-state index in [9.17, 15) is 4.79 Å². The van der Waals surface area contributed by atoms with E-state index in [2.05, 4.69) is 0 Å². The van der Waals surface area contributed by atoms with Crippen LogP contribution in [0.1, 0.15) is 15.9 Å². The summed E-state index contributed by atoms with van der Waals surface area (Å²) in [4.78, 5) is 11.0. The molecule has 1 fully saturated rings. The molecule has 1 heterocycles. The standard InChI is InChI=1S/C12H14O4/c1-14-11-4-3-8(6-13)10(12(11)15-2)5-9-7-16-9/h3-4,6,9H,5,7H2,1-2H3/t9-/m0/s1. The van der Waals surface area contributed by atoms with E-state index >= 15 is 0 Å². The van der Waals surface area contributed by atoms with Gasteiger partial charge in [0.05, 0.1) is 26.9 Å². The van der Waals surface area contributed by atoms with Gasteiger partial charge in [0.1, 0.15) is 6.29 Å². The summed E-state index contributed by atoms with van der Waals surface area (Å²) in [6, 6.07) is 3.48. The molecule has 1 saturated heterocycles. The highest BCUT2D eigenvalue weighted by Gasteiger charge is 2.27. The van der Waals surface area contributed by atoms with Crippen molar-refractivity contribution >= 4 is 6.29 Å². The highest BCUT2D eigenvalue weighted by Crippen LogP contribution is 2.35. The van der Waals surface area contributed by atoms with E-state index < -0.39 is 0 Å². The van der Waals surface area contributed by atoms with Crippen molar-refractivity contribution in [3.63, 3.8) is 0 Å². The van der Waals surface area contributed by atoms with Crippen LogP contribution in [0.2, 0.25) is 0 Å². The molecule has 4 nitrogen and oxygen atoms in total. The number of rotatable bonds is 5. The first-order valence-corrected chi connectivity index (χ1v) is 5.10. The lowest BCUT2D eigenvalue weighted by Gasteiger charge is -2.13. The van der Waals surface area contributed by atoms with Gasteiger partial charge >= 0.3 is 0 Å². The summed E-state index contributed by atoms with van der Waals surface area (Å²) in [5.74, 6) is 1.27. The maximum atomic E-state index is 11.0. The first kappa shape index (κ1) is 11.0. The van der Waals surface area contributed by atoms with Crippen molar-refractivity contribution in [3.05, 3.63) is 23.3 Å². The second kappa shape index (κ2) is 4.53. The number of aldehydes is 1. The molecule has 0 aliphatic carbocycles. The maximum absolute atomic E-state index is 11.0. The Morgan fingerprint density at radius 2 is 2.19 bits per heavy atom. The van der Waals surface area contributed by atoms with Gasteiger partial charge < -0.3 is 14.2 Å². The van der Waals surface area contributed by atoms with E-state index in [1.54, 1.807) is 26.4 Å². The monoisotopic (exact) mass is 222 g/mol. The Balaban J connectivity index is 2.43. The van der Waals surface area contributed by atoms with Crippen LogP contribution in [0.25, 0.3) is 0 Å². The largest absolute Gasteiger partial charge is 0.493 e. The molecule has 0 bridgehead atoms. The van der Waals surface area contributed by atoms with Gasteiger partial charge in [-0.1, -0.05) is 0 Å². The summed E-state index contributed by atoms with van der Waals surface area (Å²) in [5, 5.41) is 0. The normalized spacial score (nSPS) is 18.0. The molecule has 1 aliphatic rings. The van der Waals surface area contributed by atoms with E-state index in [0.717, 1.165) is 18.5 Å². The molecule has 4 heteroatoms. The van der Waals surface area contributed by atoms with Crippen LogP contribution in [0.4, 0.5) is 0 Å². The van der Waals surface area contributed by atoms with Gasteiger partial charge in [0, 0.05) is 17.5 Å². The fourth-order valence-electron chi connectivity index (χ4n) is 1.74. The zero-order valence-corrected chi connectivity index (χ0v) is 9.36. The van der Waals surface area contributed by atoms with Crippen molar-refractivity contribution in [3.8, 4) is 11.5 Å². The van der Waals surface area contributed by atoms with Crippen molar-refractivity contribution in [2.45, 2.75) is 12.5 Å². The van der Waals surface area contributed by atoms with Crippen molar-refractivity contribution < 1.29 is 19.0 Å². The Morgan fingerprint density at radius 3 is 2.69 bits per heavy atom. The average molecular weight is 222 g/mol. The lowest BCUT2D eigenvalue weighted by atomic mass is 10.0. The van der Waals surface area contributed by atoms with Gasteiger partial charge in [0.2, 0.25) is 0 Å². The van der Waals surface area contributed by atoms with Crippen LogP contribution in [0.5, 0.6) is 11.5 Å². The van der Waals surface area contributed by atoms with Gasteiger partial charge in [-0.25, -0.2) is 0 Å². The molecule has 1 aliphatic heterocycles. The third kappa shape index (κ3) is 2.02. The Bertz CT molecular complexity index is 396. The number of hydrogen-bond donors (Lipinski definition) is 0. The molecule has 0 saturated carbocycles. The van der Waals surface area contributed by atoms with Crippen LogP contribution in [-0.2, 0) is 11.2 Å². The fraction of sp³-hybridized carbons (Fsp3) is 0.417. The molecular weight excluding hydrogens is 208 g/mol. The van der Waals surface area contributed by atoms with Gasteiger partial charge in [-0.3, -0.25) is 4.79 Å². The molecule has 0 aromatic heterocycles. The number of methoxy groups -OCH3 is 2. The van der Waals surface area contributed by atoms with E-state index in [1.165, 1.54) is 0 Å². The predicted molar refractivity (Wildman–Crippen MR) is 58.4 cm³/mol. The molecule has 16 heavy (non-hydrogen) atoms. The molecule has 1 aromatic rings. The lowest BCUT2D eigenvalue weighted by Crippen LogP contribution is -2.03. The van der Waals surface area contributed by atoms with Crippen molar-refractivity contribution in [1.82, 2.24) is 0 Å². The van der Waals surface area contributed by atoms with E-state index in [0.29, 0.717) is 23.5 Å². The minimum absolute atomic E-state index is 0.208. The van der Waals surface area contributed by atoms with Crippen LogP contribution in [-0.4, -0.2) is 33.2 Å². The van der Waals surface area contributed by atoms with Crippen molar-refractivity contribution in [2.75, 3.05) is 20.8 Å². The zero-order chi connectivity index (χ0) is 11.5. The highest BCUT2D eigenvalue weighted by atomic mass is 16.6. The van der Waals surface area contributed by atoms with Crippen LogP contribution in [0.3, 0.4) is 0 Å². The number of hydrogen-bond acceptors (Lipinski definition) is 4. The Labute approximate surface area is 94.1 Å². The highest BCUT2D eigenvalue weighted by molar-refractivity contribution is 5.80. The summed E-state index contributed by atoms with van der Waals surface area (Å²) < 4.78 is 15.7. The predicted octanol–water partition coefficient (Wildman–Crippen LogP) is 1.46. The summed E-state index contributed by atoms with van der Waals surface area (Å²) in [6.07, 6.45) is 1.73. The molecule has 2 rings (SSSR count). The minimum atomic E-state index is 0.208. The molecule has 86 valence electrons. The van der Waals surface area contributed by atoms with Gasteiger partial charge in [-0.2, -0.15) is 0 Å². The number of benzene rings is 1. The third-order valence-corrected chi connectivity index (χ3v) is 2.65. The van der Waals surface area contributed by atoms with Crippen LogP contribution < -0.4 is 9.47 Å². The van der Waals surface area contributed by atoms with Gasteiger partial charge in [-0.05, 0) is 12.1 Å². The van der Waals surface area contributed by atoms with Gasteiger partial charge in [0.25, 0.3) is 0 Å². The topological polar surface area (TPSA) is 48.1 Å². The second-order valence-corrected chi connectivity index (χ2v) is 3.65. The fourth-order valence-corrected chi connectivity index (χ4v) is 1.74. The maximum Gasteiger partial charge on any atom is 0.164 e. The van der Waals surface area contributed by atoms with Crippen molar-refractivity contribution in [2.24, 2.45) is 0 Å². The molecule has 0 unspecified atom stereocenters. The SMILES string of the molecule is COc1ccc(C=O)c(C[C@H]2CO2)c1OC. The third-order valence-electron chi connectivity index (χ3n) is 2.65. The molecule has 0 amide bonds.